The Morgan fingerprint density at radius 3 is 2.78 bits per heavy atom. The van der Waals surface area contributed by atoms with Gasteiger partial charge < -0.3 is 9.64 Å². The minimum atomic E-state index is -0.304. The lowest BCUT2D eigenvalue weighted by Crippen LogP contribution is -2.24. The third-order valence-electron chi connectivity index (χ3n) is 2.96. The molecule has 0 fully saturated rings. The van der Waals surface area contributed by atoms with Crippen LogP contribution in [-0.4, -0.2) is 32.8 Å². The van der Waals surface area contributed by atoms with Crippen molar-refractivity contribution >= 4 is 40.4 Å². The van der Waals surface area contributed by atoms with E-state index in [2.05, 4.69) is 33.1 Å². The summed E-state index contributed by atoms with van der Waals surface area (Å²) < 4.78 is 6.58. The molecule has 0 aromatic heterocycles. The Balaban J connectivity index is 1.82. The molecular formula is C17H18IN3O2. The number of carbonyl (C=O) groups is 1. The first-order valence-corrected chi connectivity index (χ1v) is 8.10. The van der Waals surface area contributed by atoms with E-state index in [1.54, 1.807) is 6.21 Å². The molecule has 0 unspecified atom stereocenters. The second-order valence-electron chi connectivity index (χ2n) is 5.03. The second kappa shape index (κ2) is 8.52. The van der Waals surface area contributed by atoms with Crippen molar-refractivity contribution in [3.05, 3.63) is 57.7 Å². The summed E-state index contributed by atoms with van der Waals surface area (Å²) in [7, 11) is 3.90. The minimum absolute atomic E-state index is 0.0828. The lowest BCUT2D eigenvalue weighted by molar-refractivity contribution is -0.123. The first-order valence-electron chi connectivity index (χ1n) is 7.02. The van der Waals surface area contributed by atoms with E-state index in [4.69, 9.17) is 4.74 Å². The molecule has 1 amide bonds. The van der Waals surface area contributed by atoms with E-state index in [0.717, 1.165) is 14.8 Å². The topological polar surface area (TPSA) is 53.9 Å². The molecule has 2 aromatic carbocycles. The molecule has 0 spiro atoms. The lowest BCUT2D eigenvalue weighted by Gasteiger charge is -2.13. The van der Waals surface area contributed by atoms with Crippen molar-refractivity contribution in [3.63, 3.8) is 0 Å². The average Bonchev–Trinajstić information content (AvgIpc) is 2.53. The summed E-state index contributed by atoms with van der Waals surface area (Å²) >= 11 is 2.23. The fourth-order valence-electron chi connectivity index (χ4n) is 1.80. The van der Waals surface area contributed by atoms with Gasteiger partial charge in [-0.1, -0.05) is 18.2 Å². The molecule has 6 heteroatoms. The van der Waals surface area contributed by atoms with E-state index in [0.29, 0.717) is 5.75 Å². The van der Waals surface area contributed by atoms with Crippen LogP contribution < -0.4 is 15.1 Å². The van der Waals surface area contributed by atoms with Crippen LogP contribution in [0.4, 0.5) is 5.69 Å². The Morgan fingerprint density at radius 2 is 2.04 bits per heavy atom. The summed E-state index contributed by atoms with van der Waals surface area (Å²) in [5.74, 6) is 0.343. The molecule has 2 rings (SSSR count). The molecule has 0 radical (unpaired) electrons. The van der Waals surface area contributed by atoms with Crippen molar-refractivity contribution < 1.29 is 9.53 Å². The maximum absolute atomic E-state index is 11.7. The summed E-state index contributed by atoms with van der Waals surface area (Å²) in [6.45, 7) is -0.0828. The number of rotatable bonds is 6. The molecular weight excluding hydrogens is 405 g/mol. The van der Waals surface area contributed by atoms with Crippen molar-refractivity contribution in [3.8, 4) is 5.75 Å². The highest BCUT2D eigenvalue weighted by Crippen LogP contribution is 2.19. The van der Waals surface area contributed by atoms with Gasteiger partial charge in [0.2, 0.25) is 0 Å². The number of nitrogens with one attached hydrogen (secondary N) is 1. The van der Waals surface area contributed by atoms with Crippen LogP contribution in [0.2, 0.25) is 0 Å². The second-order valence-corrected chi connectivity index (χ2v) is 6.27. The van der Waals surface area contributed by atoms with Crippen LogP contribution >= 0.6 is 22.6 Å². The van der Waals surface area contributed by atoms with Gasteiger partial charge in [0.05, 0.1) is 6.21 Å². The van der Waals surface area contributed by atoms with Crippen LogP contribution in [0, 0.1) is 3.57 Å². The van der Waals surface area contributed by atoms with Crippen molar-refractivity contribution in [1.29, 1.82) is 0 Å². The van der Waals surface area contributed by atoms with Gasteiger partial charge in [-0.15, -0.1) is 0 Å². The number of nitrogens with zero attached hydrogens (tertiary/aromatic N) is 2. The lowest BCUT2D eigenvalue weighted by atomic mass is 10.2. The van der Waals surface area contributed by atoms with Crippen molar-refractivity contribution in [2.24, 2.45) is 5.10 Å². The van der Waals surface area contributed by atoms with E-state index in [9.17, 15) is 4.79 Å². The summed E-state index contributed by atoms with van der Waals surface area (Å²) in [5, 5.41) is 3.92. The standard InChI is InChI=1S/C17H18IN3O2/c1-21(2)15-7-4-8-16(10-15)23-12-17(22)20-19-11-13-5-3-6-14(18)9-13/h3-11H,12H2,1-2H3,(H,20,22). The Bertz CT molecular complexity index is 702. The molecule has 120 valence electrons. The van der Waals surface area contributed by atoms with Gasteiger partial charge in [0.1, 0.15) is 5.75 Å². The van der Waals surface area contributed by atoms with E-state index < -0.39 is 0 Å². The third kappa shape index (κ3) is 5.90. The van der Waals surface area contributed by atoms with Crippen molar-refractivity contribution in [2.45, 2.75) is 0 Å². The average molecular weight is 423 g/mol. The maximum atomic E-state index is 11.7. The third-order valence-corrected chi connectivity index (χ3v) is 3.63. The largest absolute Gasteiger partial charge is 0.484 e. The maximum Gasteiger partial charge on any atom is 0.277 e. The van der Waals surface area contributed by atoms with Gasteiger partial charge in [0.25, 0.3) is 5.91 Å². The number of hydrazone groups is 1. The number of halogens is 1. The van der Waals surface area contributed by atoms with Gasteiger partial charge >= 0.3 is 0 Å². The van der Waals surface area contributed by atoms with Crippen LogP contribution in [0.15, 0.2) is 53.6 Å². The molecule has 0 bridgehead atoms. The number of ether oxygens (including phenoxy) is 1. The number of benzene rings is 2. The molecule has 0 heterocycles. The first-order chi connectivity index (χ1) is 11.0. The molecule has 0 atom stereocenters. The van der Waals surface area contributed by atoms with Crippen LogP contribution in [0.3, 0.4) is 0 Å². The quantitative estimate of drug-likeness (QED) is 0.442. The highest BCUT2D eigenvalue weighted by molar-refractivity contribution is 14.1. The van der Waals surface area contributed by atoms with Crippen LogP contribution in [0.25, 0.3) is 0 Å². The summed E-state index contributed by atoms with van der Waals surface area (Å²) in [6, 6.07) is 15.4. The smallest absolute Gasteiger partial charge is 0.277 e. The molecule has 5 nitrogen and oxygen atoms in total. The van der Waals surface area contributed by atoms with Crippen molar-refractivity contribution in [2.75, 3.05) is 25.6 Å². The van der Waals surface area contributed by atoms with Crippen molar-refractivity contribution in [1.82, 2.24) is 5.43 Å². The first kappa shape index (κ1) is 17.3. The van der Waals surface area contributed by atoms with Gasteiger partial charge in [-0.25, -0.2) is 5.43 Å². The monoisotopic (exact) mass is 423 g/mol. The minimum Gasteiger partial charge on any atom is -0.484 e. The SMILES string of the molecule is CN(C)c1cccc(OCC(=O)NN=Cc2cccc(I)c2)c1. The molecule has 0 saturated carbocycles. The van der Waals surface area contributed by atoms with Gasteiger partial charge in [-0.2, -0.15) is 5.10 Å². The molecule has 23 heavy (non-hydrogen) atoms. The number of carbonyl (C=O) groups excluding carboxylic acids is 1. The van der Waals surface area contributed by atoms with E-state index in [1.165, 1.54) is 0 Å². The van der Waals surface area contributed by atoms with E-state index in [1.807, 2.05) is 67.5 Å². The molecule has 2 aromatic rings. The number of anilines is 1. The van der Waals surface area contributed by atoms with Gasteiger partial charge in [0.15, 0.2) is 6.61 Å². The fraction of sp³-hybridized carbons (Fsp3) is 0.176. The predicted molar refractivity (Wildman–Crippen MR) is 101 cm³/mol. The van der Waals surface area contributed by atoms with Gasteiger partial charge in [-0.3, -0.25) is 4.79 Å². The molecule has 0 aliphatic rings. The molecule has 0 saturated heterocycles. The van der Waals surface area contributed by atoms with Crippen LogP contribution in [0.5, 0.6) is 5.75 Å². The predicted octanol–water partition coefficient (Wildman–Crippen LogP) is 2.89. The van der Waals surface area contributed by atoms with Crippen LogP contribution in [-0.2, 0) is 4.79 Å². The Kier molecular flexibility index (Phi) is 6.40. The van der Waals surface area contributed by atoms with E-state index >= 15 is 0 Å². The Morgan fingerprint density at radius 1 is 1.26 bits per heavy atom. The number of hydrogen-bond acceptors (Lipinski definition) is 4. The zero-order valence-corrected chi connectivity index (χ0v) is 15.1. The molecule has 1 N–H and O–H groups in total. The Labute approximate surface area is 149 Å². The zero-order chi connectivity index (χ0) is 16.7. The van der Waals surface area contributed by atoms with Gasteiger partial charge in [0, 0.05) is 29.4 Å². The highest BCUT2D eigenvalue weighted by atomic mass is 127. The molecule has 0 aliphatic heterocycles. The fourth-order valence-corrected chi connectivity index (χ4v) is 2.37. The van der Waals surface area contributed by atoms with E-state index in [-0.39, 0.29) is 12.5 Å². The number of hydrogen-bond donors (Lipinski definition) is 1. The Hall–Kier alpha value is -2.09. The summed E-state index contributed by atoms with van der Waals surface area (Å²) in [5.41, 5.74) is 4.39. The molecule has 0 aliphatic carbocycles. The normalized spacial score (nSPS) is 10.6. The summed E-state index contributed by atoms with van der Waals surface area (Å²) in [6.07, 6.45) is 1.60. The highest BCUT2D eigenvalue weighted by Gasteiger charge is 2.03. The number of amides is 1. The summed E-state index contributed by atoms with van der Waals surface area (Å²) in [4.78, 5) is 13.7. The van der Waals surface area contributed by atoms with Crippen LogP contribution in [0.1, 0.15) is 5.56 Å². The van der Waals surface area contributed by atoms with Gasteiger partial charge in [-0.05, 0) is 52.4 Å². The zero-order valence-electron chi connectivity index (χ0n) is 13.0.